The summed E-state index contributed by atoms with van der Waals surface area (Å²) >= 11 is 3.28. The Balaban J connectivity index is 2.48. The Hall–Kier alpha value is -1.65. The Bertz CT molecular complexity index is 913. The van der Waals surface area contributed by atoms with Gasteiger partial charge in [0.1, 0.15) is 4.70 Å². The van der Waals surface area contributed by atoms with E-state index < -0.39 is 0 Å². The second kappa shape index (κ2) is 3.18. The third kappa shape index (κ3) is 1.16. The molecular weight excluding hydrogens is 250 g/mol. The zero-order valence-corrected chi connectivity index (χ0v) is 10.3. The molecule has 4 aromatic rings. The van der Waals surface area contributed by atoms with Crippen LogP contribution in [0, 0.1) is 0 Å². The maximum atomic E-state index is 12.0. The normalized spacial score (nSPS) is 11.8. The number of fused-ring (bicyclic) bond motifs is 5. The molecule has 3 aromatic heterocycles. The topological polar surface area (TPSA) is 32.9 Å². The van der Waals surface area contributed by atoms with Crippen LogP contribution in [-0.4, -0.2) is 4.98 Å². The Morgan fingerprint density at radius 3 is 2.88 bits per heavy atom. The number of thiophene rings is 2. The average Bonchev–Trinajstić information content (AvgIpc) is 2.89. The first-order valence-electron chi connectivity index (χ1n) is 5.25. The van der Waals surface area contributed by atoms with Crippen molar-refractivity contribution < 1.29 is 0 Å². The summed E-state index contributed by atoms with van der Waals surface area (Å²) < 4.78 is 2.06. The molecule has 1 N–H and O–H groups in total. The highest BCUT2D eigenvalue weighted by Crippen LogP contribution is 2.38. The number of pyridine rings is 1. The van der Waals surface area contributed by atoms with Crippen molar-refractivity contribution in [3.63, 3.8) is 0 Å². The van der Waals surface area contributed by atoms with Crippen LogP contribution < -0.4 is 5.56 Å². The smallest absolute Gasteiger partial charge is 0.266 e. The minimum absolute atomic E-state index is 0.0205. The van der Waals surface area contributed by atoms with Crippen molar-refractivity contribution in [3.8, 4) is 0 Å². The summed E-state index contributed by atoms with van der Waals surface area (Å²) in [5.74, 6) is 0. The zero-order chi connectivity index (χ0) is 11.4. The Morgan fingerprint density at radius 1 is 1.06 bits per heavy atom. The Kier molecular flexibility index (Phi) is 1.76. The first-order valence-corrected chi connectivity index (χ1v) is 6.95. The number of nitrogens with one attached hydrogen (secondary N) is 1. The summed E-state index contributed by atoms with van der Waals surface area (Å²) in [5.41, 5.74) is 0.933. The highest BCUT2D eigenvalue weighted by Gasteiger charge is 2.12. The van der Waals surface area contributed by atoms with E-state index in [9.17, 15) is 4.79 Å². The maximum Gasteiger partial charge on any atom is 0.266 e. The van der Waals surface area contributed by atoms with Gasteiger partial charge in [0.2, 0.25) is 0 Å². The summed E-state index contributed by atoms with van der Waals surface area (Å²) in [7, 11) is 0. The molecule has 2 nitrogen and oxygen atoms in total. The molecule has 0 bridgehead atoms. The summed E-state index contributed by atoms with van der Waals surface area (Å²) in [6.45, 7) is 0. The van der Waals surface area contributed by atoms with E-state index in [1.807, 2.05) is 18.2 Å². The summed E-state index contributed by atoms with van der Waals surface area (Å²) in [6.07, 6.45) is 0. The Labute approximate surface area is 104 Å². The molecule has 0 amide bonds. The van der Waals surface area contributed by atoms with Gasteiger partial charge in [0.05, 0.1) is 4.01 Å². The molecule has 0 radical (unpaired) electrons. The van der Waals surface area contributed by atoms with Crippen LogP contribution in [0.15, 0.2) is 40.5 Å². The lowest BCUT2D eigenvalue weighted by Crippen LogP contribution is -2.03. The molecule has 0 aliphatic rings. The van der Waals surface area contributed by atoms with Gasteiger partial charge in [-0.1, -0.05) is 18.2 Å². The number of benzene rings is 1. The van der Waals surface area contributed by atoms with Crippen LogP contribution >= 0.6 is 22.7 Å². The van der Waals surface area contributed by atoms with Gasteiger partial charge in [0.15, 0.2) is 0 Å². The van der Waals surface area contributed by atoms with Crippen molar-refractivity contribution in [3.05, 3.63) is 46.1 Å². The molecule has 17 heavy (non-hydrogen) atoms. The van der Waals surface area contributed by atoms with E-state index in [-0.39, 0.29) is 5.56 Å². The van der Waals surface area contributed by atoms with Gasteiger partial charge in [0.25, 0.3) is 5.56 Å². The van der Waals surface area contributed by atoms with Gasteiger partial charge in [0, 0.05) is 21.7 Å². The Morgan fingerprint density at radius 2 is 1.94 bits per heavy atom. The van der Waals surface area contributed by atoms with Crippen LogP contribution in [0.5, 0.6) is 0 Å². The third-order valence-corrected chi connectivity index (χ3v) is 5.22. The van der Waals surface area contributed by atoms with Crippen LogP contribution in [-0.2, 0) is 0 Å². The van der Waals surface area contributed by atoms with Crippen molar-refractivity contribution in [1.29, 1.82) is 0 Å². The molecule has 0 atom stereocenters. The second-order valence-corrected chi connectivity index (χ2v) is 6.12. The number of para-hydroxylation sites is 1. The molecule has 0 unspecified atom stereocenters. The van der Waals surface area contributed by atoms with Gasteiger partial charge in [-0.25, -0.2) is 0 Å². The number of hydrogen-bond acceptors (Lipinski definition) is 3. The second-order valence-electron chi connectivity index (χ2n) is 3.93. The largest absolute Gasteiger partial charge is 0.321 e. The van der Waals surface area contributed by atoms with Gasteiger partial charge >= 0.3 is 0 Å². The van der Waals surface area contributed by atoms with Crippen molar-refractivity contribution in [2.24, 2.45) is 0 Å². The molecule has 0 aliphatic carbocycles. The molecule has 3 heterocycles. The quantitative estimate of drug-likeness (QED) is 0.508. The fourth-order valence-corrected chi connectivity index (χ4v) is 4.41. The van der Waals surface area contributed by atoms with E-state index >= 15 is 0 Å². The van der Waals surface area contributed by atoms with E-state index in [4.69, 9.17) is 0 Å². The fraction of sp³-hybridized carbons (Fsp3) is 0. The van der Waals surface area contributed by atoms with Gasteiger partial charge in [-0.2, -0.15) is 0 Å². The first-order chi connectivity index (χ1) is 8.34. The number of rotatable bonds is 0. The summed E-state index contributed by atoms with van der Waals surface area (Å²) in [4.78, 5) is 15.0. The van der Waals surface area contributed by atoms with Gasteiger partial charge < -0.3 is 4.98 Å². The number of hydrogen-bond donors (Lipinski definition) is 1. The van der Waals surface area contributed by atoms with Crippen LogP contribution in [0.2, 0.25) is 0 Å². The standard InChI is InChI=1S/C13H7NOS2/c15-12-11-10(8-5-6-16-13(8)17-11)7-3-1-2-4-9(7)14-12/h1-6H,(H,14,15). The molecule has 0 aliphatic heterocycles. The van der Waals surface area contributed by atoms with Crippen LogP contribution in [0.25, 0.3) is 30.4 Å². The molecule has 4 heteroatoms. The van der Waals surface area contributed by atoms with Crippen molar-refractivity contribution in [1.82, 2.24) is 4.98 Å². The average molecular weight is 257 g/mol. The third-order valence-electron chi connectivity index (χ3n) is 2.97. The molecule has 0 saturated carbocycles. The highest BCUT2D eigenvalue weighted by molar-refractivity contribution is 7.41. The van der Waals surface area contributed by atoms with Gasteiger partial charge in [-0.05, 0) is 17.5 Å². The predicted molar refractivity (Wildman–Crippen MR) is 75.3 cm³/mol. The van der Waals surface area contributed by atoms with Gasteiger partial charge in [-0.3, -0.25) is 4.79 Å². The number of H-pyrrole nitrogens is 1. The molecule has 4 rings (SSSR count). The minimum atomic E-state index is 0.0205. The SMILES string of the molecule is O=c1[nH]c2ccccc2c2c1sc1sccc12. The van der Waals surface area contributed by atoms with E-state index in [1.54, 1.807) is 22.7 Å². The minimum Gasteiger partial charge on any atom is -0.321 e. The van der Waals surface area contributed by atoms with Crippen LogP contribution in [0.4, 0.5) is 0 Å². The molecule has 0 saturated heterocycles. The lowest BCUT2D eigenvalue weighted by atomic mass is 10.1. The van der Waals surface area contributed by atoms with Gasteiger partial charge in [-0.15, -0.1) is 22.7 Å². The van der Waals surface area contributed by atoms with Crippen molar-refractivity contribution in [2.75, 3.05) is 0 Å². The predicted octanol–water partition coefficient (Wildman–Crippen LogP) is 3.96. The van der Waals surface area contributed by atoms with E-state index in [1.165, 1.54) is 9.40 Å². The number of aromatic amines is 1. The van der Waals surface area contributed by atoms with Crippen LogP contribution in [0.3, 0.4) is 0 Å². The molecule has 1 aromatic carbocycles. The zero-order valence-electron chi connectivity index (χ0n) is 8.69. The van der Waals surface area contributed by atoms with E-state index in [0.29, 0.717) is 0 Å². The maximum absolute atomic E-state index is 12.0. The van der Waals surface area contributed by atoms with E-state index in [0.717, 1.165) is 21.0 Å². The first kappa shape index (κ1) is 9.39. The number of aromatic nitrogens is 1. The van der Waals surface area contributed by atoms with Crippen LogP contribution in [0.1, 0.15) is 0 Å². The summed E-state index contributed by atoms with van der Waals surface area (Å²) in [5, 5.41) is 5.52. The van der Waals surface area contributed by atoms with Crippen molar-refractivity contribution >= 4 is 53.1 Å². The summed E-state index contributed by atoms with van der Waals surface area (Å²) in [6, 6.07) is 10.1. The van der Waals surface area contributed by atoms with E-state index in [2.05, 4.69) is 22.5 Å². The molecular formula is C13H7NOS2. The lowest BCUT2D eigenvalue weighted by molar-refractivity contribution is 1.36. The van der Waals surface area contributed by atoms with Crippen molar-refractivity contribution in [2.45, 2.75) is 0 Å². The fourth-order valence-electron chi connectivity index (χ4n) is 2.24. The highest BCUT2D eigenvalue weighted by atomic mass is 32.2. The molecule has 0 spiro atoms. The molecule has 0 fully saturated rings. The molecule has 82 valence electrons. The monoisotopic (exact) mass is 257 g/mol. The lowest BCUT2D eigenvalue weighted by Gasteiger charge is -1.98.